The molecule has 19 heavy (non-hydrogen) atoms. The predicted octanol–water partition coefficient (Wildman–Crippen LogP) is 4.77. The van der Waals surface area contributed by atoms with Crippen LogP contribution in [0.5, 0.6) is 11.6 Å². The van der Waals surface area contributed by atoms with E-state index in [9.17, 15) is 0 Å². The van der Waals surface area contributed by atoms with Gasteiger partial charge in [-0.05, 0) is 47.0 Å². The zero-order valence-corrected chi connectivity index (χ0v) is 13.2. The Bertz CT molecular complexity index is 597. The lowest BCUT2D eigenvalue weighted by Gasteiger charge is -2.11. The van der Waals surface area contributed by atoms with Crippen LogP contribution in [0.2, 0.25) is 0 Å². The van der Waals surface area contributed by atoms with Crippen molar-refractivity contribution in [1.29, 1.82) is 0 Å². The Morgan fingerprint density at radius 3 is 2.53 bits per heavy atom. The minimum absolute atomic E-state index is 0.262. The molecule has 0 aliphatic rings. The fraction of sp³-hybridized carbons (Fsp3) is 0.333. The fourth-order valence-electron chi connectivity index (χ4n) is 1.65. The van der Waals surface area contributed by atoms with Gasteiger partial charge in [-0.2, -0.15) is 4.98 Å². The summed E-state index contributed by atoms with van der Waals surface area (Å²) in [6.07, 6.45) is 0. The maximum atomic E-state index is 5.88. The molecular weight excluding hydrogens is 304 g/mol. The zero-order chi connectivity index (χ0) is 14.0. The van der Waals surface area contributed by atoms with Crippen LogP contribution in [0.4, 0.5) is 0 Å². The molecule has 1 heterocycles. The van der Waals surface area contributed by atoms with Crippen LogP contribution in [0.1, 0.15) is 36.7 Å². The number of benzene rings is 1. The normalized spacial score (nSPS) is 10.8. The van der Waals surface area contributed by atoms with E-state index in [1.807, 2.05) is 26.0 Å². The minimum atomic E-state index is 0.262. The first-order valence-electron chi connectivity index (χ1n) is 6.25. The number of halogens is 1. The van der Waals surface area contributed by atoms with Crippen LogP contribution < -0.4 is 4.74 Å². The van der Waals surface area contributed by atoms with Gasteiger partial charge in [0.1, 0.15) is 16.2 Å². The van der Waals surface area contributed by atoms with Gasteiger partial charge in [0.2, 0.25) is 5.88 Å². The Hall–Kier alpha value is -1.42. The first-order chi connectivity index (χ1) is 8.95. The Morgan fingerprint density at radius 1 is 1.11 bits per heavy atom. The van der Waals surface area contributed by atoms with Gasteiger partial charge in [0.05, 0.1) is 0 Å². The third-order valence-corrected chi connectivity index (χ3v) is 3.17. The average Bonchev–Trinajstić information content (AvgIpc) is 2.33. The van der Waals surface area contributed by atoms with Crippen LogP contribution in [0.15, 0.2) is 28.9 Å². The predicted molar refractivity (Wildman–Crippen MR) is 79.8 cm³/mol. The van der Waals surface area contributed by atoms with Crippen molar-refractivity contribution in [2.24, 2.45) is 0 Å². The van der Waals surface area contributed by atoms with E-state index in [-0.39, 0.29) is 5.92 Å². The highest BCUT2D eigenvalue weighted by Crippen LogP contribution is 2.27. The van der Waals surface area contributed by atoms with Crippen molar-refractivity contribution >= 4 is 15.9 Å². The van der Waals surface area contributed by atoms with E-state index in [1.165, 1.54) is 0 Å². The second-order valence-corrected chi connectivity index (χ2v) is 5.73. The number of rotatable bonds is 3. The van der Waals surface area contributed by atoms with E-state index in [0.29, 0.717) is 5.88 Å². The molecule has 2 aromatic rings. The SMILES string of the molecule is Cc1ccc(C)c(Oc2cc(Br)nc(C(C)C)n2)c1. The maximum absolute atomic E-state index is 5.88. The molecule has 0 N–H and O–H groups in total. The van der Waals surface area contributed by atoms with E-state index in [0.717, 1.165) is 27.3 Å². The van der Waals surface area contributed by atoms with Crippen molar-refractivity contribution < 1.29 is 4.74 Å². The Balaban J connectivity index is 2.35. The van der Waals surface area contributed by atoms with Crippen LogP contribution in [-0.2, 0) is 0 Å². The molecule has 0 bridgehead atoms. The van der Waals surface area contributed by atoms with Gasteiger partial charge in [0.25, 0.3) is 0 Å². The van der Waals surface area contributed by atoms with E-state index in [1.54, 1.807) is 6.07 Å². The molecule has 1 aromatic heterocycles. The summed E-state index contributed by atoms with van der Waals surface area (Å²) in [4.78, 5) is 8.78. The first-order valence-corrected chi connectivity index (χ1v) is 7.04. The molecule has 100 valence electrons. The summed E-state index contributed by atoms with van der Waals surface area (Å²) >= 11 is 3.40. The van der Waals surface area contributed by atoms with Crippen LogP contribution in [0, 0.1) is 13.8 Å². The standard InChI is InChI=1S/C15H17BrN2O/c1-9(2)15-17-13(16)8-14(18-15)19-12-7-10(3)5-6-11(12)4/h5-9H,1-4H3. The monoisotopic (exact) mass is 320 g/mol. The number of ether oxygens (including phenoxy) is 1. The van der Waals surface area contributed by atoms with Crippen molar-refractivity contribution in [3.05, 3.63) is 45.8 Å². The lowest BCUT2D eigenvalue weighted by Crippen LogP contribution is -2.00. The van der Waals surface area contributed by atoms with Crippen molar-refractivity contribution in [1.82, 2.24) is 9.97 Å². The molecule has 4 heteroatoms. The molecule has 0 amide bonds. The van der Waals surface area contributed by atoms with E-state index in [4.69, 9.17) is 4.74 Å². The molecule has 0 unspecified atom stereocenters. The number of hydrogen-bond acceptors (Lipinski definition) is 3. The number of aryl methyl sites for hydroxylation is 2. The number of hydrogen-bond donors (Lipinski definition) is 0. The lowest BCUT2D eigenvalue weighted by molar-refractivity contribution is 0.452. The summed E-state index contributed by atoms with van der Waals surface area (Å²) in [7, 11) is 0. The second kappa shape index (κ2) is 5.70. The van der Waals surface area contributed by atoms with Crippen LogP contribution in [0.3, 0.4) is 0 Å². The van der Waals surface area contributed by atoms with Gasteiger partial charge in [0.15, 0.2) is 0 Å². The van der Waals surface area contributed by atoms with Gasteiger partial charge >= 0.3 is 0 Å². The van der Waals surface area contributed by atoms with E-state index in [2.05, 4.69) is 45.8 Å². The highest BCUT2D eigenvalue weighted by atomic mass is 79.9. The molecular formula is C15H17BrN2O. The topological polar surface area (TPSA) is 35.0 Å². The smallest absolute Gasteiger partial charge is 0.223 e. The first kappa shape index (κ1) is 14.0. The quantitative estimate of drug-likeness (QED) is 0.764. The lowest BCUT2D eigenvalue weighted by atomic mass is 10.1. The van der Waals surface area contributed by atoms with Crippen molar-refractivity contribution in [2.45, 2.75) is 33.6 Å². The highest BCUT2D eigenvalue weighted by Gasteiger charge is 2.09. The van der Waals surface area contributed by atoms with E-state index < -0.39 is 0 Å². The van der Waals surface area contributed by atoms with Crippen LogP contribution >= 0.6 is 15.9 Å². The fourth-order valence-corrected chi connectivity index (χ4v) is 2.03. The van der Waals surface area contributed by atoms with Gasteiger partial charge in [-0.15, -0.1) is 0 Å². The molecule has 0 fully saturated rings. The van der Waals surface area contributed by atoms with Gasteiger partial charge < -0.3 is 4.74 Å². The molecule has 2 rings (SSSR count). The Morgan fingerprint density at radius 2 is 1.84 bits per heavy atom. The molecule has 0 saturated carbocycles. The molecule has 0 saturated heterocycles. The highest BCUT2D eigenvalue weighted by molar-refractivity contribution is 9.10. The van der Waals surface area contributed by atoms with Crippen LogP contribution in [0.25, 0.3) is 0 Å². The summed E-state index contributed by atoms with van der Waals surface area (Å²) in [6, 6.07) is 7.91. The zero-order valence-electron chi connectivity index (χ0n) is 11.6. The van der Waals surface area contributed by atoms with Crippen molar-refractivity contribution in [3.8, 4) is 11.6 Å². The number of nitrogens with zero attached hydrogens (tertiary/aromatic N) is 2. The third kappa shape index (κ3) is 3.53. The molecule has 0 aliphatic carbocycles. The largest absolute Gasteiger partial charge is 0.439 e. The summed E-state index contributed by atoms with van der Waals surface area (Å²) in [5, 5.41) is 0. The van der Waals surface area contributed by atoms with Gasteiger partial charge in [0, 0.05) is 12.0 Å². The molecule has 0 atom stereocenters. The Kier molecular flexibility index (Phi) is 4.20. The summed E-state index contributed by atoms with van der Waals surface area (Å²) in [5.41, 5.74) is 2.25. The molecule has 0 spiro atoms. The van der Waals surface area contributed by atoms with Gasteiger partial charge in [-0.25, -0.2) is 4.98 Å². The average molecular weight is 321 g/mol. The van der Waals surface area contributed by atoms with Crippen molar-refractivity contribution in [2.75, 3.05) is 0 Å². The summed E-state index contributed by atoms with van der Waals surface area (Å²) < 4.78 is 6.62. The maximum Gasteiger partial charge on any atom is 0.223 e. The molecule has 0 radical (unpaired) electrons. The summed E-state index contributed by atoms with van der Waals surface area (Å²) in [6.45, 7) is 8.18. The van der Waals surface area contributed by atoms with Gasteiger partial charge in [-0.1, -0.05) is 26.0 Å². The van der Waals surface area contributed by atoms with E-state index >= 15 is 0 Å². The molecule has 1 aromatic carbocycles. The Labute approximate surface area is 122 Å². The third-order valence-electron chi connectivity index (χ3n) is 2.76. The summed E-state index contributed by atoms with van der Waals surface area (Å²) in [5.74, 6) is 2.44. The number of aromatic nitrogens is 2. The molecule has 0 aliphatic heterocycles. The van der Waals surface area contributed by atoms with Gasteiger partial charge in [-0.3, -0.25) is 0 Å². The van der Waals surface area contributed by atoms with Crippen LogP contribution in [-0.4, -0.2) is 9.97 Å². The molecule has 3 nitrogen and oxygen atoms in total. The second-order valence-electron chi connectivity index (χ2n) is 4.91. The van der Waals surface area contributed by atoms with Crippen molar-refractivity contribution in [3.63, 3.8) is 0 Å². The minimum Gasteiger partial charge on any atom is -0.439 e.